The largest absolute Gasteiger partial charge is 0.333 e. The standard InChI is InChI=1S/C28H22BrClFN5O/c29-21-5-4-20(24(31)14-21)2-1-10-35-11-8-26-23(17-35)22-12-18(15-32)3-6-25(22)36(26)28(37)34-16-19-7-9-33-27(30)13-19/h1-7,9,12-14H,8,10-11,16-17H2,(H,34,37). The summed E-state index contributed by atoms with van der Waals surface area (Å²) in [7, 11) is 0. The lowest BCUT2D eigenvalue weighted by molar-refractivity contribution is 0.240. The lowest BCUT2D eigenvalue weighted by atomic mass is 10.0. The Hall–Kier alpha value is -3.51. The summed E-state index contributed by atoms with van der Waals surface area (Å²) in [6, 6.07) is 15.9. The van der Waals surface area contributed by atoms with E-state index < -0.39 is 0 Å². The molecule has 0 aliphatic carbocycles. The number of aromatic nitrogens is 2. The van der Waals surface area contributed by atoms with Gasteiger partial charge in [-0.3, -0.25) is 9.47 Å². The molecule has 1 N–H and O–H groups in total. The number of nitrogens with zero attached hydrogens (tertiary/aromatic N) is 4. The number of carbonyl (C=O) groups is 1. The van der Waals surface area contributed by atoms with E-state index in [-0.39, 0.29) is 11.8 Å². The van der Waals surface area contributed by atoms with E-state index in [1.807, 2.05) is 24.3 Å². The van der Waals surface area contributed by atoms with Crippen LogP contribution in [0.2, 0.25) is 5.15 Å². The van der Waals surface area contributed by atoms with E-state index in [1.54, 1.807) is 41.1 Å². The molecule has 0 radical (unpaired) electrons. The predicted molar refractivity (Wildman–Crippen MR) is 146 cm³/mol. The molecule has 4 aromatic rings. The van der Waals surface area contributed by atoms with Gasteiger partial charge >= 0.3 is 6.03 Å². The molecule has 0 spiro atoms. The summed E-state index contributed by atoms with van der Waals surface area (Å²) in [6.45, 7) is 2.31. The number of benzene rings is 2. The fourth-order valence-electron chi connectivity index (χ4n) is 4.65. The minimum atomic E-state index is -0.279. The van der Waals surface area contributed by atoms with Crippen LogP contribution in [-0.2, 0) is 19.5 Å². The SMILES string of the molecule is N#Cc1ccc2c(c1)c1c(n2C(=O)NCc2ccnc(Cl)c2)CCN(CC=Cc2ccc(Br)cc2F)C1. The van der Waals surface area contributed by atoms with Gasteiger partial charge in [0.2, 0.25) is 0 Å². The van der Waals surface area contributed by atoms with Gasteiger partial charge in [0, 0.05) is 59.9 Å². The van der Waals surface area contributed by atoms with E-state index in [1.165, 1.54) is 6.07 Å². The molecule has 0 atom stereocenters. The van der Waals surface area contributed by atoms with Gasteiger partial charge in [0.05, 0.1) is 17.1 Å². The van der Waals surface area contributed by atoms with Gasteiger partial charge in [0.25, 0.3) is 0 Å². The molecule has 1 aliphatic heterocycles. The van der Waals surface area contributed by atoms with Crippen molar-refractivity contribution in [1.82, 2.24) is 19.8 Å². The average molecular weight is 579 g/mol. The highest BCUT2D eigenvalue weighted by Gasteiger charge is 2.26. The number of hydrogen-bond acceptors (Lipinski definition) is 4. The molecule has 2 aromatic heterocycles. The van der Waals surface area contributed by atoms with Crippen molar-refractivity contribution in [3.05, 3.63) is 104 Å². The molecule has 1 amide bonds. The second-order valence-corrected chi connectivity index (χ2v) is 10.1. The minimum Gasteiger partial charge on any atom is -0.333 e. The molecule has 3 heterocycles. The summed E-state index contributed by atoms with van der Waals surface area (Å²) in [5, 5.41) is 13.7. The molecular formula is C28H22BrClFN5O. The maximum Gasteiger partial charge on any atom is 0.326 e. The van der Waals surface area contributed by atoms with Crippen molar-refractivity contribution < 1.29 is 9.18 Å². The molecule has 186 valence electrons. The topological polar surface area (TPSA) is 74.0 Å². The summed E-state index contributed by atoms with van der Waals surface area (Å²) >= 11 is 9.25. The molecule has 0 saturated heterocycles. The Balaban J connectivity index is 1.39. The fourth-order valence-corrected chi connectivity index (χ4v) is 5.18. The zero-order chi connectivity index (χ0) is 25.9. The Kier molecular flexibility index (Phi) is 7.38. The lowest BCUT2D eigenvalue weighted by Crippen LogP contribution is -2.34. The zero-order valence-corrected chi connectivity index (χ0v) is 22.1. The second-order valence-electron chi connectivity index (χ2n) is 8.80. The van der Waals surface area contributed by atoms with Gasteiger partial charge in [-0.15, -0.1) is 0 Å². The van der Waals surface area contributed by atoms with E-state index in [9.17, 15) is 14.4 Å². The van der Waals surface area contributed by atoms with Gasteiger partial charge in [0.1, 0.15) is 11.0 Å². The van der Waals surface area contributed by atoms with Crippen molar-refractivity contribution in [3.63, 3.8) is 0 Å². The van der Waals surface area contributed by atoms with Crippen molar-refractivity contribution in [2.75, 3.05) is 13.1 Å². The van der Waals surface area contributed by atoms with E-state index >= 15 is 0 Å². The molecule has 0 saturated carbocycles. The summed E-state index contributed by atoms with van der Waals surface area (Å²) < 4.78 is 16.6. The average Bonchev–Trinajstić information content (AvgIpc) is 3.21. The van der Waals surface area contributed by atoms with Gasteiger partial charge in [-0.05, 0) is 53.6 Å². The zero-order valence-electron chi connectivity index (χ0n) is 19.7. The van der Waals surface area contributed by atoms with Crippen LogP contribution in [-0.4, -0.2) is 33.6 Å². The number of nitriles is 1. The summed E-state index contributed by atoms with van der Waals surface area (Å²) in [6.07, 6.45) is 6.01. The van der Waals surface area contributed by atoms with Crippen molar-refractivity contribution in [2.45, 2.75) is 19.5 Å². The summed E-state index contributed by atoms with van der Waals surface area (Å²) in [5.41, 5.74) is 4.66. The molecule has 2 aromatic carbocycles. The van der Waals surface area contributed by atoms with Crippen LogP contribution in [0.3, 0.4) is 0 Å². The first-order chi connectivity index (χ1) is 17.9. The van der Waals surface area contributed by atoms with Gasteiger partial charge < -0.3 is 5.32 Å². The Morgan fingerprint density at radius 2 is 2.11 bits per heavy atom. The number of fused-ring (bicyclic) bond motifs is 3. The molecule has 9 heteroatoms. The molecule has 0 fully saturated rings. The van der Waals surface area contributed by atoms with E-state index in [0.29, 0.717) is 46.8 Å². The van der Waals surface area contributed by atoms with E-state index in [0.717, 1.165) is 34.3 Å². The Morgan fingerprint density at radius 3 is 2.89 bits per heavy atom. The third-order valence-electron chi connectivity index (χ3n) is 6.42. The van der Waals surface area contributed by atoms with Crippen LogP contribution in [0.1, 0.15) is 27.9 Å². The number of rotatable bonds is 5. The first kappa shape index (κ1) is 25.2. The first-order valence-electron chi connectivity index (χ1n) is 11.7. The first-order valence-corrected chi connectivity index (χ1v) is 12.9. The molecule has 5 rings (SSSR count). The third-order valence-corrected chi connectivity index (χ3v) is 7.12. The van der Waals surface area contributed by atoms with Crippen LogP contribution in [0.15, 0.2) is 65.3 Å². The van der Waals surface area contributed by atoms with Gasteiger partial charge in [-0.2, -0.15) is 5.26 Å². The molecular weight excluding hydrogens is 557 g/mol. The minimum absolute atomic E-state index is 0.233. The molecule has 6 nitrogen and oxygen atoms in total. The number of amides is 1. The summed E-state index contributed by atoms with van der Waals surface area (Å²) in [4.78, 5) is 19.6. The fraction of sp³-hybridized carbons (Fsp3) is 0.179. The maximum absolute atomic E-state index is 14.2. The normalized spacial score (nSPS) is 13.6. The number of carbonyl (C=O) groups excluding carboxylic acids is 1. The Morgan fingerprint density at radius 1 is 1.24 bits per heavy atom. The molecule has 0 unspecified atom stereocenters. The quantitative estimate of drug-likeness (QED) is 0.282. The number of nitrogens with one attached hydrogen (secondary N) is 1. The van der Waals surface area contributed by atoms with Crippen molar-refractivity contribution in [3.8, 4) is 6.07 Å². The van der Waals surface area contributed by atoms with Crippen LogP contribution in [0, 0.1) is 17.1 Å². The monoisotopic (exact) mass is 577 g/mol. The molecule has 0 bridgehead atoms. The van der Waals surface area contributed by atoms with Crippen LogP contribution < -0.4 is 5.32 Å². The van der Waals surface area contributed by atoms with Gasteiger partial charge in [0.15, 0.2) is 0 Å². The van der Waals surface area contributed by atoms with Crippen molar-refractivity contribution in [2.24, 2.45) is 0 Å². The Bertz CT molecular complexity index is 1580. The van der Waals surface area contributed by atoms with Crippen LogP contribution >= 0.6 is 27.5 Å². The predicted octanol–water partition coefficient (Wildman–Crippen LogP) is 6.29. The van der Waals surface area contributed by atoms with Crippen molar-refractivity contribution >= 4 is 50.5 Å². The Labute approximate surface area is 227 Å². The number of pyridine rings is 1. The maximum atomic E-state index is 14.2. The highest BCUT2D eigenvalue weighted by atomic mass is 79.9. The highest BCUT2D eigenvalue weighted by molar-refractivity contribution is 9.10. The smallest absolute Gasteiger partial charge is 0.326 e. The highest BCUT2D eigenvalue weighted by Crippen LogP contribution is 2.32. The van der Waals surface area contributed by atoms with Crippen molar-refractivity contribution in [1.29, 1.82) is 5.26 Å². The summed E-state index contributed by atoms with van der Waals surface area (Å²) in [5.74, 6) is -0.279. The van der Waals surface area contributed by atoms with E-state index in [4.69, 9.17) is 11.6 Å². The van der Waals surface area contributed by atoms with Crippen LogP contribution in [0.4, 0.5) is 9.18 Å². The van der Waals surface area contributed by atoms with Gasteiger partial charge in [-0.25, -0.2) is 14.2 Å². The molecule has 1 aliphatic rings. The van der Waals surface area contributed by atoms with Gasteiger partial charge in [-0.1, -0.05) is 45.7 Å². The van der Waals surface area contributed by atoms with E-state index in [2.05, 4.69) is 37.2 Å². The van der Waals surface area contributed by atoms with Crippen LogP contribution in [0.5, 0.6) is 0 Å². The third kappa shape index (κ3) is 5.44. The molecule has 37 heavy (non-hydrogen) atoms. The lowest BCUT2D eigenvalue weighted by Gasteiger charge is -2.27. The van der Waals surface area contributed by atoms with Crippen LogP contribution in [0.25, 0.3) is 17.0 Å². The number of halogens is 3. The number of hydrogen-bond donors (Lipinski definition) is 1. The second kappa shape index (κ2) is 10.9.